The van der Waals surface area contributed by atoms with Gasteiger partial charge in [0.15, 0.2) is 0 Å². The number of H-pyrrole nitrogens is 1. The smallest absolute Gasteiger partial charge is 0.343 e. The number of carbonyl (C=O) groups excluding carboxylic acids is 1. The van der Waals surface area contributed by atoms with Crippen molar-refractivity contribution in [3.63, 3.8) is 0 Å². The molecule has 2 aromatic heterocycles. The molecular formula is C18H17F3N6OS. The van der Waals surface area contributed by atoms with Gasteiger partial charge >= 0.3 is 6.18 Å². The second kappa shape index (κ2) is 7.47. The van der Waals surface area contributed by atoms with Gasteiger partial charge in [0, 0.05) is 31.7 Å². The Labute approximate surface area is 168 Å². The van der Waals surface area contributed by atoms with Crippen LogP contribution in [0.5, 0.6) is 0 Å². The van der Waals surface area contributed by atoms with E-state index in [2.05, 4.69) is 20.4 Å². The van der Waals surface area contributed by atoms with Gasteiger partial charge in [-0.1, -0.05) is 41.2 Å². The molecular weight excluding hydrogens is 405 g/mol. The molecule has 1 aliphatic heterocycles. The van der Waals surface area contributed by atoms with E-state index in [9.17, 15) is 18.0 Å². The third-order valence-corrected chi connectivity index (χ3v) is 5.68. The first kappa shape index (κ1) is 19.4. The monoisotopic (exact) mass is 422 g/mol. The Balaban J connectivity index is 1.39. The van der Waals surface area contributed by atoms with Crippen molar-refractivity contribution in [2.45, 2.75) is 13.1 Å². The number of hydrogen-bond acceptors (Lipinski definition) is 6. The largest absolute Gasteiger partial charge is 0.445 e. The Morgan fingerprint density at radius 3 is 2.41 bits per heavy atom. The van der Waals surface area contributed by atoms with Gasteiger partial charge in [-0.2, -0.15) is 18.3 Å². The van der Waals surface area contributed by atoms with Crippen LogP contribution < -0.4 is 4.90 Å². The molecule has 7 nitrogen and oxygen atoms in total. The molecule has 3 heterocycles. The maximum atomic E-state index is 12.7. The van der Waals surface area contributed by atoms with Crippen molar-refractivity contribution in [1.29, 1.82) is 0 Å². The van der Waals surface area contributed by atoms with E-state index < -0.39 is 11.2 Å². The Bertz CT molecular complexity index is 1010. The summed E-state index contributed by atoms with van der Waals surface area (Å²) < 4.78 is 38.1. The highest BCUT2D eigenvalue weighted by Crippen LogP contribution is 2.34. The summed E-state index contributed by atoms with van der Waals surface area (Å²) in [6, 6.07) is 9.54. The van der Waals surface area contributed by atoms with Crippen LogP contribution in [0.25, 0.3) is 11.3 Å². The molecule has 0 radical (unpaired) electrons. The van der Waals surface area contributed by atoms with Gasteiger partial charge in [-0.25, -0.2) is 0 Å². The number of aryl methyl sites for hydroxylation is 1. The van der Waals surface area contributed by atoms with E-state index in [0.29, 0.717) is 48.9 Å². The van der Waals surface area contributed by atoms with E-state index in [1.165, 1.54) is 0 Å². The Hall–Kier alpha value is -2.95. The van der Waals surface area contributed by atoms with Crippen LogP contribution in [-0.4, -0.2) is 57.4 Å². The zero-order valence-electron chi connectivity index (χ0n) is 15.4. The molecule has 0 atom stereocenters. The average molecular weight is 422 g/mol. The van der Waals surface area contributed by atoms with Gasteiger partial charge in [0.05, 0.1) is 5.69 Å². The zero-order chi connectivity index (χ0) is 20.6. The van der Waals surface area contributed by atoms with E-state index in [1.54, 1.807) is 15.9 Å². The highest BCUT2D eigenvalue weighted by atomic mass is 32.1. The van der Waals surface area contributed by atoms with Gasteiger partial charge in [-0.3, -0.25) is 9.89 Å². The van der Waals surface area contributed by atoms with E-state index in [-0.39, 0.29) is 11.0 Å². The first-order valence-electron chi connectivity index (χ1n) is 8.88. The number of rotatable bonds is 3. The highest BCUT2D eigenvalue weighted by molar-refractivity contribution is 7.15. The number of piperazine rings is 1. The fraction of sp³-hybridized carbons (Fsp3) is 0.333. The average Bonchev–Trinajstić information content (AvgIpc) is 3.38. The van der Waals surface area contributed by atoms with Crippen LogP contribution in [0.1, 0.15) is 21.1 Å². The Morgan fingerprint density at radius 1 is 1.10 bits per heavy atom. The fourth-order valence-electron chi connectivity index (χ4n) is 3.03. The number of anilines is 1. The molecule has 152 valence electrons. The number of benzene rings is 1. The van der Waals surface area contributed by atoms with Crippen molar-refractivity contribution in [3.05, 3.63) is 46.6 Å². The predicted molar refractivity (Wildman–Crippen MR) is 102 cm³/mol. The molecule has 0 bridgehead atoms. The number of amides is 1. The summed E-state index contributed by atoms with van der Waals surface area (Å²) in [6.45, 7) is 3.51. The molecule has 3 aromatic rings. The lowest BCUT2D eigenvalue weighted by molar-refractivity contribution is -0.138. The Morgan fingerprint density at radius 2 is 1.79 bits per heavy atom. The van der Waals surface area contributed by atoms with Crippen molar-refractivity contribution in [2.24, 2.45) is 0 Å². The molecule has 1 N–H and O–H groups in total. The first-order chi connectivity index (χ1) is 13.8. The Kier molecular flexibility index (Phi) is 4.99. The molecule has 1 amide bonds. The summed E-state index contributed by atoms with van der Waals surface area (Å²) in [6.07, 6.45) is -4.50. The highest BCUT2D eigenvalue weighted by Gasteiger charge is 2.36. The van der Waals surface area contributed by atoms with Crippen LogP contribution >= 0.6 is 11.3 Å². The van der Waals surface area contributed by atoms with Gasteiger partial charge in [0.25, 0.3) is 5.91 Å². The standard InChI is InChI=1S/C18H17F3N6OS/c1-11-2-4-12(5-3-11)13-10-14(23-22-13)15(28)26-6-8-27(9-7-26)17-25-24-16(29-17)18(19,20)21/h2-5,10H,6-9H2,1H3,(H,22,23). The molecule has 0 spiro atoms. The molecule has 1 aromatic carbocycles. The summed E-state index contributed by atoms with van der Waals surface area (Å²) in [5.41, 5.74) is 3.11. The number of hydrogen-bond donors (Lipinski definition) is 1. The second-order valence-corrected chi connectivity index (χ2v) is 7.66. The van der Waals surface area contributed by atoms with Crippen LogP contribution in [0.4, 0.5) is 18.3 Å². The minimum atomic E-state index is -4.50. The molecule has 1 aliphatic rings. The molecule has 11 heteroatoms. The van der Waals surface area contributed by atoms with E-state index in [1.807, 2.05) is 31.2 Å². The molecule has 0 saturated carbocycles. The van der Waals surface area contributed by atoms with Gasteiger partial charge in [-0.15, -0.1) is 10.2 Å². The van der Waals surface area contributed by atoms with Crippen molar-refractivity contribution in [2.75, 3.05) is 31.1 Å². The topological polar surface area (TPSA) is 78.0 Å². The van der Waals surface area contributed by atoms with Crippen LogP contribution in [0.2, 0.25) is 0 Å². The molecule has 0 unspecified atom stereocenters. The number of carbonyl (C=O) groups is 1. The minimum absolute atomic E-state index is 0.191. The lowest BCUT2D eigenvalue weighted by Gasteiger charge is -2.34. The van der Waals surface area contributed by atoms with Gasteiger partial charge in [0.2, 0.25) is 10.1 Å². The van der Waals surface area contributed by atoms with E-state index in [0.717, 1.165) is 11.1 Å². The number of alkyl halides is 3. The lowest BCUT2D eigenvalue weighted by Crippen LogP contribution is -2.48. The van der Waals surface area contributed by atoms with Crippen molar-refractivity contribution in [3.8, 4) is 11.3 Å². The van der Waals surface area contributed by atoms with Gasteiger partial charge in [-0.05, 0) is 13.0 Å². The number of halogens is 3. The summed E-state index contributed by atoms with van der Waals surface area (Å²) in [5.74, 6) is -0.191. The number of nitrogens with zero attached hydrogens (tertiary/aromatic N) is 5. The molecule has 1 saturated heterocycles. The zero-order valence-corrected chi connectivity index (χ0v) is 16.2. The fourth-order valence-corrected chi connectivity index (χ4v) is 3.80. The first-order valence-corrected chi connectivity index (χ1v) is 9.70. The maximum Gasteiger partial charge on any atom is 0.445 e. The van der Waals surface area contributed by atoms with Crippen molar-refractivity contribution in [1.82, 2.24) is 25.3 Å². The maximum absolute atomic E-state index is 12.7. The molecule has 1 fully saturated rings. The SMILES string of the molecule is Cc1ccc(-c2cc(C(=O)N3CCN(c4nnc(C(F)(F)F)s4)CC3)[nH]n2)cc1. The molecule has 0 aliphatic carbocycles. The van der Waals surface area contributed by atoms with Crippen LogP contribution in [0.3, 0.4) is 0 Å². The minimum Gasteiger partial charge on any atom is -0.343 e. The lowest BCUT2D eigenvalue weighted by atomic mass is 10.1. The van der Waals surface area contributed by atoms with Gasteiger partial charge < -0.3 is 9.80 Å². The predicted octanol–water partition coefficient (Wildman–Crippen LogP) is 3.22. The van der Waals surface area contributed by atoms with E-state index >= 15 is 0 Å². The number of aromatic amines is 1. The third kappa shape index (κ3) is 4.09. The second-order valence-electron chi connectivity index (χ2n) is 6.70. The van der Waals surface area contributed by atoms with Crippen LogP contribution in [-0.2, 0) is 6.18 Å². The summed E-state index contributed by atoms with van der Waals surface area (Å²) in [4.78, 5) is 16.1. The molecule has 29 heavy (non-hydrogen) atoms. The number of aromatic nitrogens is 4. The van der Waals surface area contributed by atoms with Crippen LogP contribution in [0, 0.1) is 6.92 Å². The van der Waals surface area contributed by atoms with E-state index in [4.69, 9.17) is 0 Å². The van der Waals surface area contributed by atoms with Crippen molar-refractivity contribution < 1.29 is 18.0 Å². The summed E-state index contributed by atoms with van der Waals surface area (Å²) >= 11 is 0.513. The summed E-state index contributed by atoms with van der Waals surface area (Å²) in [5, 5.41) is 13.1. The number of nitrogens with one attached hydrogen (secondary N) is 1. The third-order valence-electron chi connectivity index (χ3n) is 4.65. The molecule has 4 rings (SSSR count). The normalized spacial score (nSPS) is 15.0. The van der Waals surface area contributed by atoms with Crippen molar-refractivity contribution >= 4 is 22.4 Å². The quantitative estimate of drug-likeness (QED) is 0.701. The summed E-state index contributed by atoms with van der Waals surface area (Å²) in [7, 11) is 0. The van der Waals surface area contributed by atoms with Crippen LogP contribution in [0.15, 0.2) is 30.3 Å². The van der Waals surface area contributed by atoms with Gasteiger partial charge in [0.1, 0.15) is 5.69 Å².